The summed E-state index contributed by atoms with van der Waals surface area (Å²) in [5, 5.41) is 17.2. The van der Waals surface area contributed by atoms with Crippen molar-refractivity contribution in [3.05, 3.63) is 56.5 Å². The summed E-state index contributed by atoms with van der Waals surface area (Å²) in [6.07, 6.45) is 3.33. The number of fused-ring (bicyclic) bond motifs is 1. The number of rotatable bonds is 5. The molecule has 3 heterocycles. The first kappa shape index (κ1) is 17.3. The van der Waals surface area contributed by atoms with Gasteiger partial charge in [0.05, 0.1) is 0 Å². The fourth-order valence-corrected chi connectivity index (χ4v) is 4.29. The van der Waals surface area contributed by atoms with Crippen LogP contribution in [0.25, 0.3) is 4.96 Å². The largest absolute Gasteiger partial charge is 0.381 e. The van der Waals surface area contributed by atoms with E-state index in [2.05, 4.69) is 10.3 Å². The molecule has 0 amide bonds. The van der Waals surface area contributed by atoms with Crippen molar-refractivity contribution < 1.29 is 9.66 Å². The van der Waals surface area contributed by atoms with Gasteiger partial charge in [-0.3, -0.25) is 0 Å². The average Bonchev–Trinajstić information content (AvgIpc) is 3.21. The maximum Gasteiger partial charge on any atom is 0.372 e. The zero-order valence-corrected chi connectivity index (χ0v) is 15.4. The summed E-state index contributed by atoms with van der Waals surface area (Å²) in [5.74, 6) is 0.279. The summed E-state index contributed by atoms with van der Waals surface area (Å²) in [4.78, 5) is 16.1. The summed E-state index contributed by atoms with van der Waals surface area (Å²) in [7, 11) is 0. The van der Waals surface area contributed by atoms with Crippen molar-refractivity contribution in [1.82, 2.24) is 9.38 Å². The number of nitrogens with one attached hydrogen (secondary N) is 1. The number of thiazole rings is 1. The van der Waals surface area contributed by atoms with E-state index >= 15 is 0 Å². The molecule has 1 aromatic carbocycles. The van der Waals surface area contributed by atoms with E-state index in [-0.39, 0.29) is 11.2 Å². The van der Waals surface area contributed by atoms with E-state index < -0.39 is 4.92 Å². The van der Waals surface area contributed by atoms with Crippen molar-refractivity contribution in [2.45, 2.75) is 18.3 Å². The van der Waals surface area contributed by atoms with Crippen molar-refractivity contribution in [1.29, 1.82) is 0 Å². The van der Waals surface area contributed by atoms with Crippen LogP contribution in [0.2, 0.25) is 5.02 Å². The summed E-state index contributed by atoms with van der Waals surface area (Å²) in [6, 6.07) is 7.80. The summed E-state index contributed by atoms with van der Waals surface area (Å²) < 4.78 is 7.05. The second-order valence-electron chi connectivity index (χ2n) is 6.35. The van der Waals surface area contributed by atoms with Gasteiger partial charge in [0, 0.05) is 35.6 Å². The molecule has 0 bridgehead atoms. The molecule has 0 saturated carbocycles. The number of aromatic nitrogens is 2. The van der Waals surface area contributed by atoms with Crippen LogP contribution in [0.5, 0.6) is 0 Å². The molecule has 0 aliphatic carbocycles. The van der Waals surface area contributed by atoms with Gasteiger partial charge in [-0.15, -0.1) is 0 Å². The van der Waals surface area contributed by atoms with Gasteiger partial charge < -0.3 is 20.2 Å². The lowest BCUT2D eigenvalue weighted by atomic mass is 9.74. The Kier molecular flexibility index (Phi) is 4.56. The number of anilines is 1. The van der Waals surface area contributed by atoms with Crippen LogP contribution in [0.15, 0.2) is 35.8 Å². The third kappa shape index (κ3) is 3.04. The average molecular weight is 393 g/mol. The highest BCUT2D eigenvalue weighted by molar-refractivity contribution is 7.15. The molecule has 4 rings (SSSR count). The van der Waals surface area contributed by atoms with E-state index in [0.29, 0.717) is 35.6 Å². The van der Waals surface area contributed by atoms with Crippen LogP contribution in [-0.4, -0.2) is 34.1 Å². The molecule has 0 unspecified atom stereocenters. The lowest BCUT2D eigenvalue weighted by Gasteiger charge is -2.38. The van der Waals surface area contributed by atoms with Gasteiger partial charge >= 0.3 is 5.82 Å². The third-order valence-electron chi connectivity index (χ3n) is 4.91. The Bertz CT molecular complexity index is 931. The fraction of sp³-hybridized carbons (Fsp3) is 0.353. The number of ether oxygens (including phenoxy) is 1. The van der Waals surface area contributed by atoms with Crippen molar-refractivity contribution >= 4 is 39.5 Å². The first-order chi connectivity index (χ1) is 12.6. The zero-order valence-electron chi connectivity index (χ0n) is 13.9. The van der Waals surface area contributed by atoms with Gasteiger partial charge in [-0.2, -0.15) is 9.38 Å². The number of imidazole rings is 1. The molecule has 0 radical (unpaired) electrons. The lowest BCUT2D eigenvalue weighted by molar-refractivity contribution is -0.389. The van der Waals surface area contributed by atoms with Crippen LogP contribution in [-0.2, 0) is 10.2 Å². The Morgan fingerprint density at radius 1 is 1.35 bits per heavy atom. The normalized spacial score (nSPS) is 16.7. The number of hydrogen-bond acceptors (Lipinski definition) is 6. The van der Waals surface area contributed by atoms with Crippen LogP contribution in [0.3, 0.4) is 0 Å². The summed E-state index contributed by atoms with van der Waals surface area (Å²) >= 11 is 7.40. The lowest BCUT2D eigenvalue weighted by Crippen LogP contribution is -2.40. The summed E-state index contributed by atoms with van der Waals surface area (Å²) in [6.45, 7) is 1.86. The minimum absolute atomic E-state index is 0.0282. The highest BCUT2D eigenvalue weighted by Crippen LogP contribution is 2.37. The van der Waals surface area contributed by atoms with Crippen LogP contribution >= 0.6 is 22.9 Å². The molecule has 1 N–H and O–H groups in total. The monoisotopic (exact) mass is 392 g/mol. The molecule has 0 spiro atoms. The minimum atomic E-state index is -0.395. The van der Waals surface area contributed by atoms with E-state index in [1.54, 1.807) is 11.6 Å². The van der Waals surface area contributed by atoms with Gasteiger partial charge in [0.2, 0.25) is 5.82 Å². The highest BCUT2D eigenvalue weighted by Gasteiger charge is 2.35. The van der Waals surface area contributed by atoms with E-state index in [9.17, 15) is 10.1 Å². The van der Waals surface area contributed by atoms with Crippen LogP contribution in [0.4, 0.5) is 11.6 Å². The maximum absolute atomic E-state index is 11.5. The molecule has 26 heavy (non-hydrogen) atoms. The predicted octanol–water partition coefficient (Wildman–Crippen LogP) is 4.12. The number of nitro groups is 1. The van der Waals surface area contributed by atoms with Gasteiger partial charge in [-0.1, -0.05) is 35.1 Å². The topological polar surface area (TPSA) is 81.7 Å². The molecule has 1 aliphatic rings. The van der Waals surface area contributed by atoms with Crippen LogP contribution in [0.1, 0.15) is 18.4 Å². The Morgan fingerprint density at radius 3 is 2.77 bits per heavy atom. The van der Waals surface area contributed by atoms with Crippen LogP contribution < -0.4 is 5.32 Å². The fourth-order valence-electron chi connectivity index (χ4n) is 3.45. The van der Waals surface area contributed by atoms with Gasteiger partial charge in [-0.05, 0) is 35.5 Å². The summed E-state index contributed by atoms with van der Waals surface area (Å²) in [5.41, 5.74) is 0.981. The second-order valence-corrected chi connectivity index (χ2v) is 7.66. The smallest absolute Gasteiger partial charge is 0.372 e. The highest BCUT2D eigenvalue weighted by atomic mass is 35.5. The van der Waals surface area contributed by atoms with Crippen molar-refractivity contribution in [2.75, 3.05) is 25.1 Å². The minimum Gasteiger partial charge on any atom is -0.381 e. The van der Waals surface area contributed by atoms with E-state index in [4.69, 9.17) is 16.3 Å². The quantitative estimate of drug-likeness (QED) is 0.521. The third-order valence-corrected chi connectivity index (χ3v) is 5.92. The first-order valence-electron chi connectivity index (χ1n) is 8.27. The predicted molar refractivity (Wildman–Crippen MR) is 101 cm³/mol. The number of nitrogens with zero attached hydrogens (tertiary/aromatic N) is 3. The van der Waals surface area contributed by atoms with Crippen molar-refractivity contribution in [3.8, 4) is 0 Å². The molecular weight excluding hydrogens is 376 g/mol. The Balaban J connectivity index is 1.65. The second kappa shape index (κ2) is 6.86. The number of halogens is 1. The molecule has 1 aliphatic heterocycles. The molecule has 0 atom stereocenters. The van der Waals surface area contributed by atoms with Gasteiger partial charge in [-0.25, -0.2) is 0 Å². The molecule has 3 aromatic rings. The maximum atomic E-state index is 11.5. The molecular formula is C17H17ClN4O3S. The molecule has 136 valence electrons. The van der Waals surface area contributed by atoms with Gasteiger partial charge in [0.1, 0.15) is 6.20 Å². The van der Waals surface area contributed by atoms with Crippen molar-refractivity contribution in [3.63, 3.8) is 0 Å². The Morgan fingerprint density at radius 2 is 2.08 bits per heavy atom. The zero-order chi connectivity index (χ0) is 18.1. The van der Waals surface area contributed by atoms with Crippen LogP contribution in [0, 0.1) is 10.1 Å². The Hall–Kier alpha value is -2.16. The standard InChI is InChI=1S/C17H17ClN4O3S/c18-13-3-1-12(2-4-13)17(5-8-25-9-6-17)11-19-14-15(22(23)24)21-7-10-26-16(21)20-14/h1-4,7,10,19H,5-6,8-9,11H2. The first-order valence-corrected chi connectivity index (χ1v) is 9.52. The van der Waals surface area contributed by atoms with E-state index in [1.807, 2.05) is 24.3 Å². The van der Waals surface area contributed by atoms with E-state index in [0.717, 1.165) is 18.4 Å². The molecule has 1 saturated heterocycles. The molecule has 9 heteroatoms. The molecule has 1 fully saturated rings. The van der Waals surface area contributed by atoms with Gasteiger partial charge in [0.15, 0.2) is 0 Å². The van der Waals surface area contributed by atoms with Crippen molar-refractivity contribution in [2.24, 2.45) is 0 Å². The molecule has 7 nitrogen and oxygen atoms in total. The Labute approximate surface area is 158 Å². The van der Waals surface area contributed by atoms with E-state index in [1.165, 1.54) is 15.7 Å². The number of hydrogen-bond donors (Lipinski definition) is 1. The molecule has 2 aromatic heterocycles. The van der Waals surface area contributed by atoms with Gasteiger partial charge in [0.25, 0.3) is 4.96 Å². The number of benzene rings is 1. The SMILES string of the molecule is O=[N+]([O-])c1c(NCC2(c3ccc(Cl)cc3)CCOCC2)nc2sccn12.